The largest absolute Gasteiger partial charge is 0.497 e. The standard InChI is InChI=1S/C17H19NO5/c1-11-7-12(10-23-11)16(21)18-17(2,9-15(19)20)13-5-4-6-14(8-13)22-3/h4-8,10H,9H2,1-3H3,(H,18,21)(H,19,20). The lowest BCUT2D eigenvalue weighted by Crippen LogP contribution is -2.45. The molecule has 2 N–H and O–H groups in total. The molecule has 1 aromatic heterocycles. The van der Waals surface area contributed by atoms with Gasteiger partial charge in [0.25, 0.3) is 5.91 Å². The van der Waals surface area contributed by atoms with Crippen molar-refractivity contribution in [3.63, 3.8) is 0 Å². The lowest BCUT2D eigenvalue weighted by atomic mass is 9.88. The number of benzene rings is 1. The molecule has 122 valence electrons. The summed E-state index contributed by atoms with van der Waals surface area (Å²) in [4.78, 5) is 23.7. The molecule has 6 heteroatoms. The first-order chi connectivity index (χ1) is 10.8. The van der Waals surface area contributed by atoms with E-state index in [1.807, 2.05) is 0 Å². The second kappa shape index (κ2) is 6.56. The molecule has 1 heterocycles. The van der Waals surface area contributed by atoms with Crippen LogP contribution in [0.5, 0.6) is 5.75 Å². The molecule has 0 spiro atoms. The molecule has 2 rings (SSSR count). The molecule has 0 bridgehead atoms. The van der Waals surface area contributed by atoms with Crippen molar-refractivity contribution in [3.8, 4) is 5.75 Å². The predicted molar refractivity (Wildman–Crippen MR) is 83.5 cm³/mol. The fourth-order valence-electron chi connectivity index (χ4n) is 2.37. The van der Waals surface area contributed by atoms with Crippen LogP contribution in [0.15, 0.2) is 41.0 Å². The van der Waals surface area contributed by atoms with Crippen LogP contribution >= 0.6 is 0 Å². The minimum atomic E-state index is -1.08. The molecule has 0 radical (unpaired) electrons. The van der Waals surface area contributed by atoms with Crippen molar-refractivity contribution in [1.82, 2.24) is 5.32 Å². The van der Waals surface area contributed by atoms with Gasteiger partial charge in [0.05, 0.1) is 24.6 Å². The van der Waals surface area contributed by atoms with Crippen molar-refractivity contribution in [1.29, 1.82) is 0 Å². The fraction of sp³-hybridized carbons (Fsp3) is 0.294. The number of hydrogen-bond donors (Lipinski definition) is 2. The Hall–Kier alpha value is -2.76. The van der Waals surface area contributed by atoms with Crippen molar-refractivity contribution >= 4 is 11.9 Å². The quantitative estimate of drug-likeness (QED) is 0.855. The number of nitrogens with one attached hydrogen (secondary N) is 1. The molecule has 1 amide bonds. The summed E-state index contributed by atoms with van der Waals surface area (Å²) in [5, 5.41) is 12.0. The van der Waals surface area contributed by atoms with Crippen LogP contribution in [0.4, 0.5) is 0 Å². The number of furan rings is 1. The number of amides is 1. The molecule has 0 aliphatic carbocycles. The second-order valence-electron chi connectivity index (χ2n) is 5.53. The average molecular weight is 317 g/mol. The number of carboxylic acids is 1. The topological polar surface area (TPSA) is 88.8 Å². The summed E-state index contributed by atoms with van der Waals surface area (Å²) in [6, 6.07) is 8.58. The van der Waals surface area contributed by atoms with E-state index in [0.29, 0.717) is 22.6 Å². The summed E-state index contributed by atoms with van der Waals surface area (Å²) < 4.78 is 10.3. The van der Waals surface area contributed by atoms with Crippen molar-refractivity contribution in [3.05, 3.63) is 53.5 Å². The van der Waals surface area contributed by atoms with Crippen LogP contribution in [0.25, 0.3) is 0 Å². The first-order valence-corrected chi connectivity index (χ1v) is 7.08. The number of carbonyl (C=O) groups is 2. The molecule has 6 nitrogen and oxygen atoms in total. The zero-order valence-electron chi connectivity index (χ0n) is 13.3. The van der Waals surface area contributed by atoms with Crippen molar-refractivity contribution < 1.29 is 23.8 Å². The molecule has 0 aliphatic heterocycles. The minimum Gasteiger partial charge on any atom is -0.497 e. The van der Waals surface area contributed by atoms with Gasteiger partial charge in [-0.3, -0.25) is 9.59 Å². The monoisotopic (exact) mass is 317 g/mol. The van der Waals surface area contributed by atoms with Gasteiger partial charge in [-0.2, -0.15) is 0 Å². The highest BCUT2D eigenvalue weighted by Gasteiger charge is 2.32. The third kappa shape index (κ3) is 3.91. The van der Waals surface area contributed by atoms with E-state index in [1.165, 1.54) is 13.4 Å². The van der Waals surface area contributed by atoms with Crippen molar-refractivity contribution in [2.24, 2.45) is 0 Å². The van der Waals surface area contributed by atoms with Gasteiger partial charge in [0, 0.05) is 0 Å². The van der Waals surface area contributed by atoms with Crippen LogP contribution in [-0.4, -0.2) is 24.1 Å². The van der Waals surface area contributed by atoms with Gasteiger partial charge in [0.15, 0.2) is 0 Å². The van der Waals surface area contributed by atoms with E-state index in [9.17, 15) is 14.7 Å². The van der Waals surface area contributed by atoms with E-state index in [1.54, 1.807) is 44.2 Å². The Labute approximate surface area is 134 Å². The van der Waals surface area contributed by atoms with Crippen LogP contribution < -0.4 is 10.1 Å². The number of aliphatic carboxylic acids is 1. The number of hydrogen-bond acceptors (Lipinski definition) is 4. The first-order valence-electron chi connectivity index (χ1n) is 7.08. The van der Waals surface area contributed by atoms with Gasteiger partial charge in [0.1, 0.15) is 17.8 Å². The van der Waals surface area contributed by atoms with Crippen LogP contribution in [0.3, 0.4) is 0 Å². The van der Waals surface area contributed by atoms with E-state index in [2.05, 4.69) is 5.32 Å². The van der Waals surface area contributed by atoms with Crippen molar-refractivity contribution in [2.75, 3.05) is 7.11 Å². The van der Waals surface area contributed by atoms with Gasteiger partial charge >= 0.3 is 5.97 Å². The molecule has 0 saturated carbocycles. The van der Waals surface area contributed by atoms with E-state index in [-0.39, 0.29) is 6.42 Å². The van der Waals surface area contributed by atoms with E-state index in [0.717, 1.165) is 0 Å². The van der Waals surface area contributed by atoms with Gasteiger partial charge in [-0.05, 0) is 37.6 Å². The summed E-state index contributed by atoms with van der Waals surface area (Å²) in [6.07, 6.45) is 1.08. The van der Waals surface area contributed by atoms with E-state index >= 15 is 0 Å². The summed E-state index contributed by atoms with van der Waals surface area (Å²) in [6.45, 7) is 3.40. The van der Waals surface area contributed by atoms with Gasteiger partial charge in [0.2, 0.25) is 0 Å². The molecule has 0 fully saturated rings. The smallest absolute Gasteiger partial charge is 0.306 e. The minimum absolute atomic E-state index is 0.261. The van der Waals surface area contributed by atoms with Gasteiger partial charge in [-0.25, -0.2) is 0 Å². The SMILES string of the molecule is COc1cccc(C(C)(CC(=O)O)NC(=O)c2coc(C)c2)c1. The highest BCUT2D eigenvalue weighted by Crippen LogP contribution is 2.28. The lowest BCUT2D eigenvalue weighted by Gasteiger charge is -2.30. The Kier molecular flexibility index (Phi) is 4.74. The molecule has 0 aliphatic rings. The lowest BCUT2D eigenvalue weighted by molar-refractivity contribution is -0.138. The first kappa shape index (κ1) is 16.6. The normalized spacial score (nSPS) is 13.2. The third-order valence-corrected chi connectivity index (χ3v) is 3.59. The molecule has 2 aromatic rings. The number of aryl methyl sites for hydroxylation is 1. The Morgan fingerprint density at radius 3 is 2.65 bits per heavy atom. The molecule has 1 unspecified atom stereocenters. The molecule has 23 heavy (non-hydrogen) atoms. The van der Waals surface area contributed by atoms with Gasteiger partial charge in [-0.1, -0.05) is 12.1 Å². The number of rotatable bonds is 6. The van der Waals surface area contributed by atoms with E-state index < -0.39 is 17.4 Å². The van der Waals surface area contributed by atoms with Crippen LogP contribution in [0, 0.1) is 6.92 Å². The number of methoxy groups -OCH3 is 1. The average Bonchev–Trinajstić information content (AvgIpc) is 2.93. The van der Waals surface area contributed by atoms with Crippen molar-refractivity contribution in [2.45, 2.75) is 25.8 Å². The number of carbonyl (C=O) groups excluding carboxylic acids is 1. The van der Waals surface area contributed by atoms with E-state index in [4.69, 9.17) is 9.15 Å². The number of ether oxygens (including phenoxy) is 1. The third-order valence-electron chi connectivity index (χ3n) is 3.59. The van der Waals surface area contributed by atoms with Crippen LogP contribution in [0.1, 0.15) is 35.0 Å². The second-order valence-corrected chi connectivity index (χ2v) is 5.53. The Morgan fingerprint density at radius 1 is 1.35 bits per heavy atom. The maximum absolute atomic E-state index is 12.4. The van der Waals surface area contributed by atoms with Gasteiger partial charge < -0.3 is 19.6 Å². The van der Waals surface area contributed by atoms with Crippen LogP contribution in [-0.2, 0) is 10.3 Å². The fourth-order valence-corrected chi connectivity index (χ4v) is 2.37. The highest BCUT2D eigenvalue weighted by molar-refractivity contribution is 5.94. The predicted octanol–water partition coefficient (Wildman–Crippen LogP) is 2.72. The Balaban J connectivity index is 2.34. The molecule has 0 saturated heterocycles. The molecular weight excluding hydrogens is 298 g/mol. The Morgan fingerprint density at radius 2 is 2.09 bits per heavy atom. The maximum Gasteiger partial charge on any atom is 0.306 e. The maximum atomic E-state index is 12.4. The van der Waals surface area contributed by atoms with Gasteiger partial charge in [-0.15, -0.1) is 0 Å². The zero-order valence-corrected chi connectivity index (χ0v) is 13.3. The number of carboxylic acid groups (broad SMARTS) is 1. The molecular formula is C17H19NO5. The van der Waals surface area contributed by atoms with Crippen LogP contribution in [0.2, 0.25) is 0 Å². The summed E-state index contributed by atoms with van der Waals surface area (Å²) in [7, 11) is 1.53. The summed E-state index contributed by atoms with van der Waals surface area (Å²) in [5.74, 6) is -0.212. The summed E-state index contributed by atoms with van der Waals surface area (Å²) >= 11 is 0. The summed E-state index contributed by atoms with van der Waals surface area (Å²) in [5.41, 5.74) is -0.0855. The zero-order chi connectivity index (χ0) is 17.0. The molecule has 1 aromatic carbocycles. The Bertz CT molecular complexity index is 721. The highest BCUT2D eigenvalue weighted by atomic mass is 16.5. The molecule has 1 atom stereocenters.